The number of hydrogen-bond acceptors (Lipinski definition) is 5. The average Bonchev–Trinajstić information content (AvgIpc) is 2.94. The molecular weight excluding hydrogens is 286 g/mol. The number of nitrogens with one attached hydrogen (secondary N) is 1. The molecule has 0 bridgehead atoms. The number of H-pyrrole nitrogens is 1. The molecule has 4 atom stereocenters. The van der Waals surface area contributed by atoms with Gasteiger partial charge in [0.05, 0.1) is 12.1 Å². The number of aromatic nitrogens is 1. The summed E-state index contributed by atoms with van der Waals surface area (Å²) in [5.41, 5.74) is 0.786. The highest BCUT2D eigenvalue weighted by molar-refractivity contribution is 6.31. The van der Waals surface area contributed by atoms with Crippen molar-refractivity contribution in [1.82, 2.24) is 4.98 Å². The first-order chi connectivity index (χ1) is 9.60. The van der Waals surface area contributed by atoms with Gasteiger partial charge in [-0.25, -0.2) is 0 Å². The van der Waals surface area contributed by atoms with Gasteiger partial charge in [0.2, 0.25) is 0 Å². The molecule has 108 valence electrons. The van der Waals surface area contributed by atoms with E-state index in [2.05, 4.69) is 4.98 Å². The number of benzene rings is 1. The Labute approximate surface area is 119 Å². The van der Waals surface area contributed by atoms with E-state index >= 15 is 0 Å². The molecule has 2 aromatic rings. The Kier molecular flexibility index (Phi) is 3.57. The fourth-order valence-corrected chi connectivity index (χ4v) is 2.48. The van der Waals surface area contributed by atoms with Crippen molar-refractivity contribution in [3.8, 4) is 5.75 Å². The summed E-state index contributed by atoms with van der Waals surface area (Å²) in [5, 5.41) is 30.1. The summed E-state index contributed by atoms with van der Waals surface area (Å²) in [4.78, 5) is 2.99. The van der Waals surface area contributed by atoms with E-state index in [-0.39, 0.29) is 6.61 Å². The Balaban J connectivity index is 1.86. The zero-order chi connectivity index (χ0) is 14.3. The van der Waals surface area contributed by atoms with Gasteiger partial charge in [-0.2, -0.15) is 0 Å². The van der Waals surface area contributed by atoms with E-state index in [1.807, 2.05) is 0 Å². The van der Waals surface area contributed by atoms with Gasteiger partial charge >= 0.3 is 0 Å². The predicted molar refractivity (Wildman–Crippen MR) is 71.7 cm³/mol. The third-order valence-electron chi connectivity index (χ3n) is 3.36. The summed E-state index contributed by atoms with van der Waals surface area (Å²) < 4.78 is 10.6. The molecule has 0 radical (unpaired) electrons. The van der Waals surface area contributed by atoms with E-state index < -0.39 is 24.6 Å². The summed E-state index contributed by atoms with van der Waals surface area (Å²) in [6, 6.07) is 5.25. The summed E-state index contributed by atoms with van der Waals surface area (Å²) in [5.74, 6) is 0.474. The Hall–Kier alpha value is -1.31. The van der Waals surface area contributed by atoms with E-state index in [1.165, 1.54) is 0 Å². The molecule has 6 nitrogen and oxygen atoms in total. The summed E-state index contributed by atoms with van der Waals surface area (Å²) in [6.07, 6.45) is -2.59. The molecule has 0 aliphatic carbocycles. The molecular formula is C13H14ClNO5. The van der Waals surface area contributed by atoms with Gasteiger partial charge in [-0.15, -0.1) is 0 Å². The fourth-order valence-electron chi connectivity index (χ4n) is 2.31. The number of aliphatic hydroxyl groups is 3. The lowest BCUT2D eigenvalue weighted by Crippen LogP contribution is -2.38. The number of rotatable bonds is 3. The van der Waals surface area contributed by atoms with Gasteiger partial charge in [0.15, 0.2) is 12.4 Å². The molecule has 1 aliphatic rings. The van der Waals surface area contributed by atoms with E-state index in [0.717, 1.165) is 10.9 Å². The monoisotopic (exact) mass is 299 g/mol. The summed E-state index contributed by atoms with van der Waals surface area (Å²) in [7, 11) is 0. The van der Waals surface area contributed by atoms with Crippen LogP contribution in [-0.2, 0) is 4.74 Å². The second kappa shape index (κ2) is 5.23. The van der Waals surface area contributed by atoms with Crippen LogP contribution < -0.4 is 4.74 Å². The van der Waals surface area contributed by atoms with Crippen molar-refractivity contribution in [2.24, 2.45) is 0 Å². The molecule has 0 amide bonds. The van der Waals surface area contributed by atoms with Crippen LogP contribution in [-0.4, -0.2) is 51.5 Å². The van der Waals surface area contributed by atoms with Crippen molar-refractivity contribution in [3.63, 3.8) is 0 Å². The van der Waals surface area contributed by atoms with E-state index in [9.17, 15) is 10.2 Å². The van der Waals surface area contributed by atoms with Crippen molar-refractivity contribution in [2.45, 2.75) is 24.6 Å². The van der Waals surface area contributed by atoms with Crippen LogP contribution in [0.1, 0.15) is 0 Å². The normalized spacial score (nSPS) is 30.0. The molecule has 1 aliphatic heterocycles. The molecule has 7 heteroatoms. The van der Waals surface area contributed by atoms with Gasteiger partial charge in [-0.1, -0.05) is 11.6 Å². The molecule has 1 aromatic heterocycles. The van der Waals surface area contributed by atoms with Crippen molar-refractivity contribution in [1.29, 1.82) is 0 Å². The molecule has 20 heavy (non-hydrogen) atoms. The van der Waals surface area contributed by atoms with E-state index in [1.54, 1.807) is 24.4 Å². The van der Waals surface area contributed by atoms with Crippen LogP contribution in [0.2, 0.25) is 5.02 Å². The van der Waals surface area contributed by atoms with Gasteiger partial charge in [0, 0.05) is 16.6 Å². The van der Waals surface area contributed by atoms with E-state index in [0.29, 0.717) is 10.8 Å². The Morgan fingerprint density at radius 1 is 1.35 bits per heavy atom. The van der Waals surface area contributed by atoms with Gasteiger partial charge < -0.3 is 29.8 Å². The number of ether oxygens (including phenoxy) is 2. The first kappa shape index (κ1) is 13.7. The molecule has 3 rings (SSSR count). The van der Waals surface area contributed by atoms with Crippen LogP contribution in [0.4, 0.5) is 0 Å². The minimum absolute atomic E-state index is 0.387. The largest absolute Gasteiger partial charge is 0.480 e. The quantitative estimate of drug-likeness (QED) is 0.667. The highest BCUT2D eigenvalue weighted by Crippen LogP contribution is 2.31. The van der Waals surface area contributed by atoms with Crippen LogP contribution in [0, 0.1) is 0 Å². The topological polar surface area (TPSA) is 94.9 Å². The molecule has 1 fully saturated rings. The lowest BCUT2D eigenvalue weighted by Gasteiger charge is -2.18. The minimum atomic E-state index is -1.29. The third kappa shape index (κ3) is 2.25. The first-order valence-electron chi connectivity index (χ1n) is 6.16. The Morgan fingerprint density at radius 3 is 2.85 bits per heavy atom. The SMILES string of the molecule is OC[C@@H]1O[C@@H](O)[C@H](Oc2c[nH]c3cc(Cl)ccc23)[C@H]1O. The third-order valence-corrected chi connectivity index (χ3v) is 3.60. The number of fused-ring (bicyclic) bond motifs is 1. The Morgan fingerprint density at radius 2 is 2.15 bits per heavy atom. The van der Waals surface area contributed by atoms with Crippen LogP contribution in [0.5, 0.6) is 5.75 Å². The number of halogens is 1. The smallest absolute Gasteiger partial charge is 0.195 e. The fraction of sp³-hybridized carbons (Fsp3) is 0.385. The van der Waals surface area contributed by atoms with Gasteiger partial charge in [-0.3, -0.25) is 0 Å². The molecule has 1 saturated heterocycles. The second-order valence-electron chi connectivity index (χ2n) is 4.66. The second-order valence-corrected chi connectivity index (χ2v) is 5.10. The molecule has 4 N–H and O–H groups in total. The first-order valence-corrected chi connectivity index (χ1v) is 6.53. The summed E-state index contributed by atoms with van der Waals surface area (Å²) >= 11 is 5.89. The predicted octanol–water partition coefficient (Wildman–Crippen LogP) is 0.639. The maximum atomic E-state index is 9.93. The van der Waals surface area contributed by atoms with Crippen molar-refractivity contribution >= 4 is 22.5 Å². The van der Waals surface area contributed by atoms with Gasteiger partial charge in [-0.05, 0) is 18.2 Å². The maximum Gasteiger partial charge on any atom is 0.195 e. The molecule has 0 saturated carbocycles. The average molecular weight is 300 g/mol. The van der Waals surface area contributed by atoms with Crippen LogP contribution in [0.15, 0.2) is 24.4 Å². The van der Waals surface area contributed by atoms with Gasteiger partial charge in [0.25, 0.3) is 0 Å². The van der Waals surface area contributed by atoms with Crippen LogP contribution >= 0.6 is 11.6 Å². The molecule has 1 aromatic carbocycles. The zero-order valence-corrected chi connectivity index (χ0v) is 11.1. The number of hydrogen-bond donors (Lipinski definition) is 4. The number of aromatic amines is 1. The van der Waals surface area contributed by atoms with Crippen LogP contribution in [0.3, 0.4) is 0 Å². The van der Waals surface area contributed by atoms with Gasteiger partial charge in [0.1, 0.15) is 18.0 Å². The minimum Gasteiger partial charge on any atom is -0.480 e. The van der Waals surface area contributed by atoms with E-state index in [4.69, 9.17) is 26.2 Å². The highest BCUT2D eigenvalue weighted by Gasteiger charge is 2.44. The zero-order valence-electron chi connectivity index (χ0n) is 10.4. The molecule has 2 heterocycles. The highest BCUT2D eigenvalue weighted by atomic mass is 35.5. The van der Waals surface area contributed by atoms with Crippen LogP contribution in [0.25, 0.3) is 10.9 Å². The molecule has 0 spiro atoms. The van der Waals surface area contributed by atoms with Crippen molar-refractivity contribution in [2.75, 3.05) is 6.61 Å². The lowest BCUT2D eigenvalue weighted by atomic mass is 10.1. The Bertz CT molecular complexity index is 616. The lowest BCUT2D eigenvalue weighted by molar-refractivity contribution is -0.128. The number of aliphatic hydroxyl groups excluding tert-OH is 3. The van der Waals surface area contributed by atoms with Crippen molar-refractivity contribution in [3.05, 3.63) is 29.4 Å². The summed E-state index contributed by atoms with van der Waals surface area (Å²) in [6.45, 7) is -0.387. The van der Waals surface area contributed by atoms with Crippen molar-refractivity contribution < 1.29 is 24.8 Å². The standard InChI is InChI=1S/C13H14ClNO5/c14-6-1-2-7-8(3-6)15-4-9(7)19-12-11(17)10(5-16)20-13(12)18/h1-4,10-13,15-18H,5H2/t10-,11-,12+,13+/m0/s1. The maximum absolute atomic E-state index is 9.93. The molecule has 0 unspecified atom stereocenters.